The Kier molecular flexibility index (Phi) is 5.04. The number of furan rings is 1. The Bertz CT molecular complexity index is 1020. The van der Waals surface area contributed by atoms with E-state index in [4.69, 9.17) is 4.42 Å². The molecule has 3 nitrogen and oxygen atoms in total. The van der Waals surface area contributed by atoms with Crippen LogP contribution in [0.3, 0.4) is 0 Å². The molecule has 3 aromatic rings. The molecule has 0 saturated carbocycles. The van der Waals surface area contributed by atoms with Gasteiger partial charge in [0.1, 0.15) is 17.2 Å². The quantitative estimate of drug-likeness (QED) is 0.574. The van der Waals surface area contributed by atoms with Crippen LogP contribution in [0.4, 0.5) is 4.39 Å². The van der Waals surface area contributed by atoms with Crippen molar-refractivity contribution in [2.75, 3.05) is 13.1 Å². The number of nitrogens with one attached hydrogen (secondary N) is 1. The van der Waals surface area contributed by atoms with E-state index in [1.165, 1.54) is 11.6 Å². The van der Waals surface area contributed by atoms with Crippen molar-refractivity contribution in [3.8, 4) is 0 Å². The van der Waals surface area contributed by atoms with Crippen LogP contribution in [-0.2, 0) is 12.8 Å². The van der Waals surface area contributed by atoms with Gasteiger partial charge in [-0.25, -0.2) is 4.39 Å². The largest absolute Gasteiger partial charge is 0.464 e. The van der Waals surface area contributed by atoms with Crippen LogP contribution in [0.1, 0.15) is 42.0 Å². The number of halogens is 2. The minimum Gasteiger partial charge on any atom is -0.464 e. The lowest BCUT2D eigenvalue weighted by Crippen LogP contribution is -2.21. The van der Waals surface area contributed by atoms with E-state index >= 15 is 0 Å². The van der Waals surface area contributed by atoms with E-state index < -0.39 is 0 Å². The Morgan fingerprint density at radius 2 is 2.11 bits per heavy atom. The van der Waals surface area contributed by atoms with Gasteiger partial charge in [0, 0.05) is 27.5 Å². The van der Waals surface area contributed by atoms with E-state index in [0.29, 0.717) is 24.3 Å². The molecule has 1 N–H and O–H groups in total. The molecule has 0 saturated heterocycles. The standard InChI is InChI=1S/C22H22BrFN2O/c1-13(2)19-12-27-21-14(10-15(23)11-18(19)21)6-7-16-17(4-3-5-20(16)24)22-25-8-9-26-22/h3-5,10-13H,6-9H2,1-2H3,(H,25,26). The van der Waals surface area contributed by atoms with Crippen LogP contribution in [0.15, 0.2) is 50.5 Å². The summed E-state index contributed by atoms with van der Waals surface area (Å²) in [6, 6.07) is 9.38. The molecule has 1 aliphatic heterocycles. The molecular weight excluding hydrogens is 407 g/mol. The maximum atomic E-state index is 14.6. The lowest BCUT2D eigenvalue weighted by Gasteiger charge is -2.12. The number of aryl methyl sites for hydroxylation is 1. The minimum atomic E-state index is -0.183. The molecule has 1 aromatic heterocycles. The van der Waals surface area contributed by atoms with Crippen molar-refractivity contribution in [1.29, 1.82) is 0 Å². The molecule has 0 bridgehead atoms. The molecule has 1 aliphatic rings. The summed E-state index contributed by atoms with van der Waals surface area (Å²) < 4.78 is 21.5. The lowest BCUT2D eigenvalue weighted by atomic mass is 9.96. The zero-order chi connectivity index (χ0) is 19.0. The number of amidine groups is 1. The highest BCUT2D eigenvalue weighted by molar-refractivity contribution is 9.10. The van der Waals surface area contributed by atoms with E-state index in [9.17, 15) is 4.39 Å². The molecule has 0 atom stereocenters. The normalized spacial score (nSPS) is 14.0. The second-order valence-electron chi connectivity index (χ2n) is 7.21. The Labute approximate surface area is 166 Å². The molecule has 5 heteroatoms. The van der Waals surface area contributed by atoms with Crippen molar-refractivity contribution in [1.82, 2.24) is 5.32 Å². The van der Waals surface area contributed by atoms with E-state index in [1.54, 1.807) is 6.07 Å². The predicted octanol–water partition coefficient (Wildman–Crippen LogP) is 5.59. The zero-order valence-corrected chi connectivity index (χ0v) is 17.1. The summed E-state index contributed by atoms with van der Waals surface area (Å²) in [7, 11) is 0. The first-order valence-corrected chi connectivity index (χ1v) is 10.1. The van der Waals surface area contributed by atoms with Crippen LogP contribution in [0.25, 0.3) is 11.0 Å². The topological polar surface area (TPSA) is 37.5 Å². The fourth-order valence-corrected chi connectivity index (χ4v) is 4.20. The summed E-state index contributed by atoms with van der Waals surface area (Å²) >= 11 is 3.62. The maximum absolute atomic E-state index is 14.6. The molecule has 140 valence electrons. The zero-order valence-electron chi connectivity index (χ0n) is 15.5. The first-order chi connectivity index (χ1) is 13.0. The molecule has 27 heavy (non-hydrogen) atoms. The second kappa shape index (κ2) is 7.47. The van der Waals surface area contributed by atoms with E-state index in [2.05, 4.69) is 52.2 Å². The van der Waals surface area contributed by atoms with Crippen LogP contribution in [-0.4, -0.2) is 18.9 Å². The highest BCUT2D eigenvalue weighted by Gasteiger charge is 2.18. The number of rotatable bonds is 5. The number of hydrogen-bond donors (Lipinski definition) is 1. The molecular formula is C22H22BrFN2O. The monoisotopic (exact) mass is 428 g/mol. The van der Waals surface area contributed by atoms with Crippen LogP contribution in [0.5, 0.6) is 0 Å². The molecule has 2 heterocycles. The number of fused-ring (bicyclic) bond motifs is 1. The molecule has 4 rings (SSSR count). The SMILES string of the molecule is CC(C)c1coc2c(CCc3c(F)cccc3C3=NCCN3)cc(Br)cc12. The fourth-order valence-electron chi connectivity index (χ4n) is 3.69. The van der Waals surface area contributed by atoms with Gasteiger partial charge in [-0.3, -0.25) is 4.99 Å². The average Bonchev–Trinajstić information content (AvgIpc) is 3.29. The highest BCUT2D eigenvalue weighted by atomic mass is 79.9. The summed E-state index contributed by atoms with van der Waals surface area (Å²) in [6.07, 6.45) is 3.13. The first kappa shape index (κ1) is 18.2. The van der Waals surface area contributed by atoms with Crippen LogP contribution >= 0.6 is 15.9 Å². The molecule has 0 unspecified atom stereocenters. The van der Waals surface area contributed by atoms with Gasteiger partial charge in [-0.15, -0.1) is 0 Å². The Morgan fingerprint density at radius 1 is 1.26 bits per heavy atom. The van der Waals surface area contributed by atoms with Crippen molar-refractivity contribution in [3.63, 3.8) is 0 Å². The van der Waals surface area contributed by atoms with Gasteiger partial charge in [0.2, 0.25) is 0 Å². The number of benzene rings is 2. The van der Waals surface area contributed by atoms with Crippen molar-refractivity contribution >= 4 is 32.7 Å². The van der Waals surface area contributed by atoms with Gasteiger partial charge in [-0.05, 0) is 48.1 Å². The van der Waals surface area contributed by atoms with Crippen molar-refractivity contribution in [3.05, 3.63) is 69.1 Å². The maximum Gasteiger partial charge on any atom is 0.137 e. The van der Waals surface area contributed by atoms with Crippen LogP contribution in [0, 0.1) is 5.82 Å². The third-order valence-corrected chi connectivity index (χ3v) is 5.52. The number of hydrogen-bond acceptors (Lipinski definition) is 3. The Balaban J connectivity index is 1.69. The fraction of sp³-hybridized carbons (Fsp3) is 0.318. The number of aliphatic imine (C=N–C) groups is 1. The molecule has 0 aliphatic carbocycles. The molecule has 0 amide bonds. The summed E-state index contributed by atoms with van der Waals surface area (Å²) in [5.74, 6) is 0.999. The van der Waals surface area contributed by atoms with E-state index in [0.717, 1.165) is 45.5 Å². The Hall–Kier alpha value is -2.14. The third kappa shape index (κ3) is 3.53. The lowest BCUT2D eigenvalue weighted by molar-refractivity contribution is 0.597. The molecule has 0 spiro atoms. The highest BCUT2D eigenvalue weighted by Crippen LogP contribution is 2.33. The van der Waals surface area contributed by atoms with Gasteiger partial charge in [-0.1, -0.05) is 41.9 Å². The van der Waals surface area contributed by atoms with Crippen molar-refractivity contribution in [2.24, 2.45) is 4.99 Å². The first-order valence-electron chi connectivity index (χ1n) is 9.30. The van der Waals surface area contributed by atoms with Crippen LogP contribution < -0.4 is 5.32 Å². The molecule has 0 radical (unpaired) electrons. The average molecular weight is 429 g/mol. The number of nitrogens with zero attached hydrogens (tertiary/aromatic N) is 1. The van der Waals surface area contributed by atoms with Crippen LogP contribution in [0.2, 0.25) is 0 Å². The Morgan fingerprint density at radius 3 is 2.85 bits per heavy atom. The summed E-state index contributed by atoms with van der Waals surface area (Å²) in [4.78, 5) is 4.46. The summed E-state index contributed by atoms with van der Waals surface area (Å²) in [5.41, 5.74) is 4.75. The smallest absolute Gasteiger partial charge is 0.137 e. The van der Waals surface area contributed by atoms with Gasteiger partial charge in [0.05, 0.1) is 12.8 Å². The van der Waals surface area contributed by atoms with Crippen molar-refractivity contribution < 1.29 is 8.81 Å². The second-order valence-corrected chi connectivity index (χ2v) is 8.13. The molecule has 0 fully saturated rings. The summed E-state index contributed by atoms with van der Waals surface area (Å²) in [5, 5.41) is 4.38. The van der Waals surface area contributed by atoms with Gasteiger partial charge >= 0.3 is 0 Å². The van der Waals surface area contributed by atoms with Crippen molar-refractivity contribution in [2.45, 2.75) is 32.6 Å². The van der Waals surface area contributed by atoms with Gasteiger partial charge in [0.15, 0.2) is 0 Å². The predicted molar refractivity (Wildman–Crippen MR) is 111 cm³/mol. The minimum absolute atomic E-state index is 0.183. The van der Waals surface area contributed by atoms with Gasteiger partial charge in [-0.2, -0.15) is 0 Å². The van der Waals surface area contributed by atoms with Gasteiger partial charge in [0.25, 0.3) is 0 Å². The molecule has 2 aromatic carbocycles. The van der Waals surface area contributed by atoms with E-state index in [-0.39, 0.29) is 5.82 Å². The summed E-state index contributed by atoms with van der Waals surface area (Å²) in [6.45, 7) is 5.86. The van der Waals surface area contributed by atoms with E-state index in [1.807, 2.05) is 12.3 Å². The van der Waals surface area contributed by atoms with Gasteiger partial charge < -0.3 is 9.73 Å². The third-order valence-electron chi connectivity index (χ3n) is 5.06.